The van der Waals surface area contributed by atoms with Crippen molar-refractivity contribution in [3.63, 3.8) is 0 Å². The molecule has 0 aliphatic carbocycles. The summed E-state index contributed by atoms with van der Waals surface area (Å²) in [5.74, 6) is -5.27. The molecule has 12 nitrogen and oxygen atoms in total. The normalized spacial score (nSPS) is 12.2. The highest BCUT2D eigenvalue weighted by Gasteiger charge is 2.36. The highest BCUT2D eigenvalue weighted by atomic mass is 16.6. The quantitative estimate of drug-likeness (QED) is 0.453. The van der Waals surface area contributed by atoms with Gasteiger partial charge in [-0.3, -0.25) is 24.0 Å². The number of amides is 1. The minimum absolute atomic E-state index is 0.471. The van der Waals surface area contributed by atoms with Crippen LogP contribution >= 0.6 is 0 Å². The summed E-state index contributed by atoms with van der Waals surface area (Å²) in [6.07, 6.45) is -3.14. The van der Waals surface area contributed by atoms with Gasteiger partial charge in [-0.05, 0) is 0 Å². The van der Waals surface area contributed by atoms with Crippen molar-refractivity contribution in [2.45, 2.75) is 39.9 Å². The lowest BCUT2D eigenvalue weighted by Gasteiger charge is -2.26. The van der Waals surface area contributed by atoms with Gasteiger partial charge in [-0.25, -0.2) is 4.79 Å². The first-order valence-corrected chi connectivity index (χ1v) is 8.48. The van der Waals surface area contributed by atoms with Crippen molar-refractivity contribution >= 4 is 35.5 Å². The third-order valence-corrected chi connectivity index (χ3v) is 3.32. The van der Waals surface area contributed by atoms with Gasteiger partial charge in [-0.2, -0.15) is 0 Å². The molecular weight excluding hydrogens is 406 g/mol. The standard InChI is InChI=1S/C18H21NO11/c1-8(20)19-15-12(24)6-13(18(25)26-5)30-17(15)16(29-11(4)23)14(28-10(3)22)7-27-9(2)21/h6,14,16H,7H2,1-5H3,(H,19,20)/t14-,16-/m0/s1. The maximum atomic E-state index is 12.5. The number of hydrogen-bond acceptors (Lipinski definition) is 11. The molecule has 30 heavy (non-hydrogen) atoms. The minimum atomic E-state index is -1.66. The second-order valence-corrected chi connectivity index (χ2v) is 5.87. The van der Waals surface area contributed by atoms with Gasteiger partial charge in [0.05, 0.1) is 7.11 Å². The van der Waals surface area contributed by atoms with Crippen LogP contribution in [0.25, 0.3) is 0 Å². The summed E-state index contributed by atoms with van der Waals surface area (Å²) in [6.45, 7) is 3.66. The van der Waals surface area contributed by atoms with E-state index in [1.165, 1.54) is 0 Å². The van der Waals surface area contributed by atoms with Crippen LogP contribution < -0.4 is 10.7 Å². The summed E-state index contributed by atoms with van der Waals surface area (Å²) in [4.78, 5) is 70.3. The first-order chi connectivity index (χ1) is 14.0. The third kappa shape index (κ3) is 7.04. The minimum Gasteiger partial charge on any atom is -0.463 e. The number of nitrogens with one attached hydrogen (secondary N) is 1. The van der Waals surface area contributed by atoms with Crippen LogP contribution in [0.15, 0.2) is 15.3 Å². The van der Waals surface area contributed by atoms with Crippen LogP contribution in [0.5, 0.6) is 0 Å². The van der Waals surface area contributed by atoms with Crippen molar-refractivity contribution in [3.8, 4) is 0 Å². The maximum Gasteiger partial charge on any atom is 0.374 e. The van der Waals surface area contributed by atoms with E-state index in [1.54, 1.807) is 0 Å². The van der Waals surface area contributed by atoms with Crippen LogP contribution in [0.1, 0.15) is 50.1 Å². The molecule has 0 aliphatic rings. The first-order valence-electron chi connectivity index (χ1n) is 8.48. The Morgan fingerprint density at radius 2 is 1.60 bits per heavy atom. The molecule has 2 atom stereocenters. The highest BCUT2D eigenvalue weighted by Crippen LogP contribution is 2.30. The molecule has 0 fully saturated rings. The summed E-state index contributed by atoms with van der Waals surface area (Å²) in [6, 6.07) is 0.762. The Morgan fingerprint density at radius 3 is 2.07 bits per heavy atom. The largest absolute Gasteiger partial charge is 0.463 e. The molecule has 1 rings (SSSR count). The second-order valence-electron chi connectivity index (χ2n) is 5.87. The number of hydrogen-bond donors (Lipinski definition) is 1. The van der Waals surface area contributed by atoms with Crippen LogP contribution in [0.3, 0.4) is 0 Å². The monoisotopic (exact) mass is 427 g/mol. The fourth-order valence-corrected chi connectivity index (χ4v) is 2.29. The number of carbonyl (C=O) groups is 5. The van der Waals surface area contributed by atoms with Crippen molar-refractivity contribution < 1.29 is 47.3 Å². The summed E-state index contributed by atoms with van der Waals surface area (Å²) < 4.78 is 24.9. The summed E-state index contributed by atoms with van der Waals surface area (Å²) in [5.41, 5.74) is -1.35. The van der Waals surface area contributed by atoms with Crippen LogP contribution in [0.4, 0.5) is 5.69 Å². The van der Waals surface area contributed by atoms with E-state index < -0.39 is 71.2 Å². The van der Waals surface area contributed by atoms with Gasteiger partial charge in [0.25, 0.3) is 0 Å². The van der Waals surface area contributed by atoms with Gasteiger partial charge in [0.2, 0.25) is 23.2 Å². The Balaban J connectivity index is 3.71. The molecule has 0 saturated carbocycles. The summed E-state index contributed by atoms with van der Waals surface area (Å²) >= 11 is 0. The van der Waals surface area contributed by atoms with Crippen LogP contribution in [-0.4, -0.2) is 49.6 Å². The topological polar surface area (TPSA) is 165 Å². The molecule has 0 aromatic carbocycles. The predicted octanol–water partition coefficient (Wildman–Crippen LogP) is 0.484. The predicted molar refractivity (Wildman–Crippen MR) is 97.3 cm³/mol. The summed E-state index contributed by atoms with van der Waals surface area (Å²) in [7, 11) is 1.04. The van der Waals surface area contributed by atoms with E-state index in [9.17, 15) is 28.8 Å². The lowest BCUT2D eigenvalue weighted by molar-refractivity contribution is -0.175. The molecular formula is C18H21NO11. The Morgan fingerprint density at radius 1 is 1.00 bits per heavy atom. The van der Waals surface area contributed by atoms with Crippen molar-refractivity contribution in [3.05, 3.63) is 27.8 Å². The highest BCUT2D eigenvalue weighted by molar-refractivity contribution is 5.90. The molecule has 0 saturated heterocycles. The maximum absolute atomic E-state index is 12.5. The van der Waals surface area contributed by atoms with Crippen molar-refractivity contribution in [2.75, 3.05) is 19.0 Å². The molecule has 0 spiro atoms. The Kier molecular flexibility index (Phi) is 8.71. The van der Waals surface area contributed by atoms with E-state index >= 15 is 0 Å². The molecule has 164 valence electrons. The number of anilines is 1. The van der Waals surface area contributed by atoms with Gasteiger partial charge in [0.1, 0.15) is 12.3 Å². The summed E-state index contributed by atoms with van der Waals surface area (Å²) in [5, 5.41) is 2.22. The van der Waals surface area contributed by atoms with E-state index in [1.807, 2.05) is 0 Å². The molecule has 12 heteroatoms. The first kappa shape index (κ1) is 24.3. The lowest BCUT2D eigenvalue weighted by atomic mass is 10.1. The molecule has 0 aliphatic heterocycles. The van der Waals surface area contributed by atoms with Crippen molar-refractivity contribution in [1.82, 2.24) is 0 Å². The molecule has 0 unspecified atom stereocenters. The van der Waals surface area contributed by atoms with Gasteiger partial charge in [0.15, 0.2) is 11.9 Å². The zero-order valence-corrected chi connectivity index (χ0v) is 16.9. The Bertz CT molecular complexity index is 902. The molecule has 1 N–H and O–H groups in total. The van der Waals surface area contributed by atoms with E-state index in [-0.39, 0.29) is 0 Å². The van der Waals surface area contributed by atoms with Crippen LogP contribution in [0, 0.1) is 0 Å². The lowest BCUT2D eigenvalue weighted by Crippen LogP contribution is -2.34. The van der Waals surface area contributed by atoms with Crippen LogP contribution in [0.2, 0.25) is 0 Å². The zero-order valence-electron chi connectivity index (χ0n) is 16.9. The molecule has 1 aromatic heterocycles. The van der Waals surface area contributed by atoms with Crippen molar-refractivity contribution in [1.29, 1.82) is 0 Å². The van der Waals surface area contributed by atoms with Gasteiger partial charge in [-0.15, -0.1) is 0 Å². The van der Waals surface area contributed by atoms with E-state index in [2.05, 4.69) is 10.1 Å². The average Bonchev–Trinajstić information content (AvgIpc) is 2.63. The fourth-order valence-electron chi connectivity index (χ4n) is 2.29. The van der Waals surface area contributed by atoms with Gasteiger partial charge in [0, 0.05) is 33.8 Å². The number of ether oxygens (including phenoxy) is 4. The number of esters is 4. The van der Waals surface area contributed by atoms with Gasteiger partial charge in [-0.1, -0.05) is 0 Å². The number of methoxy groups -OCH3 is 1. The number of rotatable bonds is 8. The molecule has 0 bridgehead atoms. The van der Waals surface area contributed by atoms with Crippen LogP contribution in [-0.2, 0) is 38.1 Å². The van der Waals surface area contributed by atoms with E-state index in [0.29, 0.717) is 0 Å². The Labute approximate surface area is 170 Å². The molecule has 1 amide bonds. The molecule has 1 heterocycles. The fraction of sp³-hybridized carbons (Fsp3) is 0.444. The van der Waals surface area contributed by atoms with Gasteiger partial charge < -0.3 is 28.7 Å². The second kappa shape index (κ2) is 10.7. The zero-order chi connectivity index (χ0) is 23.0. The van der Waals surface area contributed by atoms with E-state index in [0.717, 1.165) is 40.9 Å². The molecule has 0 radical (unpaired) electrons. The van der Waals surface area contributed by atoms with E-state index in [4.69, 9.17) is 18.6 Å². The SMILES string of the molecule is COC(=O)c1cc(=O)c(NC(C)=O)c([C@@H](OC(C)=O)[C@H](COC(C)=O)OC(C)=O)o1. The number of carbonyl (C=O) groups excluding carboxylic acids is 5. The average molecular weight is 427 g/mol. The third-order valence-electron chi connectivity index (χ3n) is 3.32. The Hall–Kier alpha value is -3.70. The smallest absolute Gasteiger partial charge is 0.374 e. The van der Waals surface area contributed by atoms with Gasteiger partial charge >= 0.3 is 23.9 Å². The molecule has 1 aromatic rings. The van der Waals surface area contributed by atoms with Crippen molar-refractivity contribution in [2.24, 2.45) is 0 Å².